The molecule has 43 heavy (non-hydrogen) atoms. The highest BCUT2D eigenvalue weighted by atomic mass is 35.5. The van der Waals surface area contributed by atoms with E-state index in [1.165, 1.54) is 0 Å². The van der Waals surface area contributed by atoms with Crippen LogP contribution < -0.4 is 0 Å². The first kappa shape index (κ1) is 29.6. The first-order valence-corrected chi connectivity index (χ1v) is 15.2. The van der Waals surface area contributed by atoms with Crippen molar-refractivity contribution < 1.29 is 13.9 Å². The average molecular weight is 606 g/mol. The van der Waals surface area contributed by atoms with Crippen molar-refractivity contribution in [1.82, 2.24) is 34.6 Å². The van der Waals surface area contributed by atoms with Crippen LogP contribution in [0.15, 0.2) is 59.3 Å². The number of morpholine rings is 1. The summed E-state index contributed by atoms with van der Waals surface area (Å²) in [5, 5.41) is 14.2. The molecule has 2 fully saturated rings. The van der Waals surface area contributed by atoms with Crippen LogP contribution >= 0.6 is 11.6 Å². The predicted molar refractivity (Wildman–Crippen MR) is 164 cm³/mol. The van der Waals surface area contributed by atoms with Crippen molar-refractivity contribution in [2.24, 2.45) is 5.41 Å². The number of amides is 1. The smallest absolute Gasteiger partial charge is 0.274 e. The van der Waals surface area contributed by atoms with Crippen molar-refractivity contribution in [3.05, 3.63) is 71.3 Å². The van der Waals surface area contributed by atoms with E-state index in [1.54, 1.807) is 29.1 Å². The maximum Gasteiger partial charge on any atom is 0.274 e. The van der Waals surface area contributed by atoms with Crippen LogP contribution in [0.25, 0.3) is 17.1 Å². The Morgan fingerprint density at radius 1 is 1.02 bits per heavy atom. The van der Waals surface area contributed by atoms with Crippen molar-refractivity contribution in [3.63, 3.8) is 0 Å². The zero-order valence-electron chi connectivity index (χ0n) is 25.7. The third-order valence-electron chi connectivity index (χ3n) is 8.28. The number of benzene rings is 1. The number of furan rings is 1. The number of rotatable bonds is 8. The number of hydrogen-bond donors (Lipinski definition) is 0. The second-order valence-electron chi connectivity index (χ2n) is 13.7. The van der Waals surface area contributed by atoms with E-state index in [0.29, 0.717) is 35.3 Å². The van der Waals surface area contributed by atoms with E-state index in [9.17, 15) is 4.79 Å². The summed E-state index contributed by atoms with van der Waals surface area (Å²) in [4.78, 5) is 18.2. The van der Waals surface area contributed by atoms with Gasteiger partial charge in [0, 0.05) is 55.3 Å². The van der Waals surface area contributed by atoms with Crippen LogP contribution in [0.4, 0.5) is 0 Å². The molecular formula is C32H40ClN7O3. The van der Waals surface area contributed by atoms with E-state index in [4.69, 9.17) is 25.9 Å². The van der Waals surface area contributed by atoms with Crippen LogP contribution in [0.3, 0.4) is 0 Å². The normalized spacial score (nSPS) is 21.1. The molecule has 1 atom stereocenters. The molecule has 0 saturated carbocycles. The molecular weight excluding hydrogens is 566 g/mol. The van der Waals surface area contributed by atoms with Crippen molar-refractivity contribution in [3.8, 4) is 17.1 Å². The standard InChI is InChI=1S/C32H40ClN7O3/c1-30(2)19-39(28(30)18-38-17-23(34-36-38)13-14-37-20-31(3,4)43-32(5,6)21-37)29(41)25-16-26(27-8-7-15-42-27)40(35-25)24-11-9-22(33)10-12-24/h7-12,15-17,28H,13-14,18-21H2,1-6H3. The lowest BCUT2D eigenvalue weighted by atomic mass is 9.74. The number of ether oxygens (including phenoxy) is 1. The molecule has 4 aromatic rings. The van der Waals surface area contributed by atoms with Crippen LogP contribution in [0, 0.1) is 5.41 Å². The molecule has 2 saturated heterocycles. The molecule has 1 unspecified atom stereocenters. The van der Waals surface area contributed by atoms with Crippen molar-refractivity contribution in [1.29, 1.82) is 0 Å². The molecule has 228 valence electrons. The highest BCUT2D eigenvalue weighted by Gasteiger charge is 2.49. The lowest BCUT2D eigenvalue weighted by Gasteiger charge is -2.53. The maximum absolute atomic E-state index is 13.9. The second-order valence-corrected chi connectivity index (χ2v) is 14.2. The minimum absolute atomic E-state index is 0.0527. The van der Waals surface area contributed by atoms with Gasteiger partial charge >= 0.3 is 0 Å². The quantitative estimate of drug-likeness (QED) is 0.267. The Labute approximate surface area is 257 Å². The Balaban J connectivity index is 1.16. The van der Waals surface area contributed by atoms with Gasteiger partial charge in [-0.05, 0) is 64.1 Å². The molecule has 11 heteroatoms. The number of carbonyl (C=O) groups is 1. The zero-order chi connectivity index (χ0) is 30.6. The van der Waals surface area contributed by atoms with E-state index in [2.05, 4.69) is 56.8 Å². The Morgan fingerprint density at radius 2 is 1.74 bits per heavy atom. The first-order valence-electron chi connectivity index (χ1n) is 14.8. The minimum atomic E-state index is -0.186. The number of hydrogen-bond acceptors (Lipinski definition) is 7. The van der Waals surface area contributed by atoms with Crippen molar-refractivity contribution >= 4 is 17.5 Å². The van der Waals surface area contributed by atoms with Gasteiger partial charge in [0.2, 0.25) is 0 Å². The molecule has 1 amide bonds. The molecule has 2 aliphatic heterocycles. The molecule has 2 aliphatic rings. The Hall–Kier alpha value is -3.47. The minimum Gasteiger partial charge on any atom is -0.463 e. The molecule has 1 aromatic carbocycles. The molecule has 0 bridgehead atoms. The van der Waals surface area contributed by atoms with E-state index in [-0.39, 0.29) is 28.6 Å². The van der Waals surface area contributed by atoms with Crippen LogP contribution in [-0.4, -0.2) is 83.9 Å². The third kappa shape index (κ3) is 6.27. The zero-order valence-corrected chi connectivity index (χ0v) is 26.5. The van der Waals surface area contributed by atoms with Gasteiger partial charge in [-0.15, -0.1) is 5.10 Å². The molecule has 0 N–H and O–H groups in total. The lowest BCUT2D eigenvalue weighted by molar-refractivity contribution is -0.180. The number of likely N-dealkylation sites (tertiary alicyclic amines) is 1. The third-order valence-corrected chi connectivity index (χ3v) is 8.53. The topological polar surface area (TPSA) is 94.5 Å². The lowest BCUT2D eigenvalue weighted by Crippen LogP contribution is -2.65. The van der Waals surface area contributed by atoms with Gasteiger partial charge in [-0.2, -0.15) is 5.10 Å². The second kappa shape index (κ2) is 10.9. The molecule has 3 aromatic heterocycles. The van der Waals surface area contributed by atoms with Crippen LogP contribution in [0.1, 0.15) is 57.7 Å². The summed E-state index contributed by atoms with van der Waals surface area (Å²) in [6, 6.07) is 12.8. The molecule has 0 spiro atoms. The number of halogens is 1. The van der Waals surface area contributed by atoms with Gasteiger partial charge in [0.15, 0.2) is 11.5 Å². The van der Waals surface area contributed by atoms with Gasteiger partial charge in [0.1, 0.15) is 5.69 Å². The van der Waals surface area contributed by atoms with Crippen LogP contribution in [-0.2, 0) is 17.7 Å². The SMILES string of the molecule is CC1(C)CN(CCc2cn(CC3N(C(=O)c4cc(-c5ccco5)n(-c5ccc(Cl)cc5)n4)CC3(C)C)nn2)CC(C)(C)O1. The average Bonchev–Trinajstić information content (AvgIpc) is 3.69. The van der Waals surface area contributed by atoms with E-state index >= 15 is 0 Å². The number of nitrogens with zero attached hydrogens (tertiary/aromatic N) is 7. The van der Waals surface area contributed by atoms with Crippen LogP contribution in [0.2, 0.25) is 5.02 Å². The van der Waals surface area contributed by atoms with Gasteiger partial charge < -0.3 is 14.1 Å². The number of aromatic nitrogens is 5. The van der Waals surface area contributed by atoms with Crippen molar-refractivity contribution in [2.75, 3.05) is 26.2 Å². The van der Waals surface area contributed by atoms with E-state index in [1.807, 2.05) is 40.0 Å². The van der Waals surface area contributed by atoms with Crippen molar-refractivity contribution in [2.45, 2.75) is 71.8 Å². The summed E-state index contributed by atoms with van der Waals surface area (Å²) in [6.07, 6.45) is 4.43. The number of carbonyl (C=O) groups excluding carboxylic acids is 1. The summed E-state index contributed by atoms with van der Waals surface area (Å²) in [7, 11) is 0. The molecule has 6 rings (SSSR count). The van der Waals surface area contributed by atoms with E-state index in [0.717, 1.165) is 37.4 Å². The fraction of sp³-hybridized carbons (Fsp3) is 0.500. The summed E-state index contributed by atoms with van der Waals surface area (Å²) in [5.74, 6) is 0.504. The monoisotopic (exact) mass is 605 g/mol. The van der Waals surface area contributed by atoms with Crippen LogP contribution in [0.5, 0.6) is 0 Å². The summed E-state index contributed by atoms with van der Waals surface area (Å²) in [6.45, 7) is 16.8. The fourth-order valence-electron chi connectivity index (χ4n) is 6.63. The predicted octanol–water partition coefficient (Wildman–Crippen LogP) is 5.36. The Bertz CT molecular complexity index is 1570. The summed E-state index contributed by atoms with van der Waals surface area (Å²) < 4.78 is 15.5. The van der Waals surface area contributed by atoms with Gasteiger partial charge in [0.25, 0.3) is 5.91 Å². The Morgan fingerprint density at radius 3 is 2.40 bits per heavy atom. The summed E-state index contributed by atoms with van der Waals surface area (Å²) in [5.41, 5.74) is 2.34. The van der Waals surface area contributed by atoms with Gasteiger partial charge in [-0.1, -0.05) is 30.7 Å². The first-order chi connectivity index (χ1) is 20.3. The van der Waals surface area contributed by atoms with E-state index < -0.39 is 0 Å². The molecule has 10 nitrogen and oxygen atoms in total. The highest BCUT2D eigenvalue weighted by molar-refractivity contribution is 6.30. The Kier molecular flexibility index (Phi) is 7.51. The molecule has 0 radical (unpaired) electrons. The fourth-order valence-corrected chi connectivity index (χ4v) is 6.76. The summed E-state index contributed by atoms with van der Waals surface area (Å²) >= 11 is 6.12. The molecule has 5 heterocycles. The molecule has 0 aliphatic carbocycles. The highest BCUT2D eigenvalue weighted by Crippen LogP contribution is 2.39. The van der Waals surface area contributed by atoms with Gasteiger partial charge in [0.05, 0.1) is 41.4 Å². The largest absolute Gasteiger partial charge is 0.463 e. The van der Waals surface area contributed by atoms with Gasteiger partial charge in [-0.3, -0.25) is 14.4 Å². The van der Waals surface area contributed by atoms with Gasteiger partial charge in [-0.25, -0.2) is 4.68 Å². The maximum atomic E-state index is 13.9.